The fourth-order valence-electron chi connectivity index (χ4n) is 1.30. The van der Waals surface area contributed by atoms with Crippen LogP contribution in [0.4, 0.5) is 4.39 Å². The van der Waals surface area contributed by atoms with Crippen LogP contribution in [0.25, 0.3) is 0 Å². The Balaban J connectivity index is 3.27. The van der Waals surface area contributed by atoms with E-state index in [1.54, 1.807) is 19.0 Å². The molecule has 90 valence electrons. The molecule has 1 aromatic carbocycles. The number of rotatable bonds is 3. The second-order valence-corrected chi connectivity index (χ2v) is 3.52. The Labute approximate surface area is 98.4 Å². The lowest BCUT2D eigenvalue weighted by Crippen LogP contribution is -2.24. The number of halogens is 1. The van der Waals surface area contributed by atoms with Crippen LogP contribution in [0.15, 0.2) is 28.4 Å². The van der Waals surface area contributed by atoms with Gasteiger partial charge in [-0.3, -0.25) is 4.79 Å². The van der Waals surface area contributed by atoms with Crippen LogP contribution in [0.1, 0.15) is 15.9 Å². The van der Waals surface area contributed by atoms with Crippen LogP contribution in [-0.2, 0) is 0 Å². The van der Waals surface area contributed by atoms with E-state index in [0.717, 1.165) is 6.07 Å². The van der Waals surface area contributed by atoms with Gasteiger partial charge in [0, 0.05) is 26.4 Å². The van der Waals surface area contributed by atoms with Gasteiger partial charge >= 0.3 is 0 Å². The van der Waals surface area contributed by atoms with Crippen molar-refractivity contribution in [1.82, 2.24) is 4.90 Å². The normalized spacial score (nSPS) is 11.1. The molecule has 1 aromatic rings. The zero-order valence-corrected chi connectivity index (χ0v) is 9.64. The zero-order valence-electron chi connectivity index (χ0n) is 9.64. The second-order valence-electron chi connectivity index (χ2n) is 3.52. The Hall–Kier alpha value is -2.24. The van der Waals surface area contributed by atoms with Crippen LogP contribution >= 0.6 is 0 Å². The van der Waals surface area contributed by atoms with Crippen molar-refractivity contribution in [3.05, 3.63) is 35.1 Å². The maximum Gasteiger partial charge on any atom is 0.248 e. The number of benzene rings is 1. The number of amidine groups is 1. The van der Waals surface area contributed by atoms with E-state index in [-0.39, 0.29) is 11.1 Å². The largest absolute Gasteiger partial charge is 0.366 e. The number of hydrogen-bond donors (Lipinski definition) is 1. The van der Waals surface area contributed by atoms with E-state index in [1.165, 1.54) is 12.1 Å². The third-order valence-corrected chi connectivity index (χ3v) is 2.08. The molecule has 6 heteroatoms. The van der Waals surface area contributed by atoms with Gasteiger partial charge in [-0.15, -0.1) is 5.10 Å². The first kappa shape index (κ1) is 12.8. The molecule has 0 spiro atoms. The quantitative estimate of drug-likeness (QED) is 0.480. The van der Waals surface area contributed by atoms with E-state index < -0.39 is 11.7 Å². The minimum absolute atomic E-state index is 0.107. The Morgan fingerprint density at radius 2 is 2.12 bits per heavy atom. The Morgan fingerprint density at radius 3 is 2.53 bits per heavy atom. The van der Waals surface area contributed by atoms with E-state index in [1.807, 2.05) is 0 Å². The first-order valence-electron chi connectivity index (χ1n) is 4.78. The van der Waals surface area contributed by atoms with Gasteiger partial charge in [-0.2, -0.15) is 5.10 Å². The topological polar surface area (TPSA) is 71.0 Å². The van der Waals surface area contributed by atoms with E-state index in [0.29, 0.717) is 5.84 Å². The van der Waals surface area contributed by atoms with Crippen molar-refractivity contribution in [3.8, 4) is 0 Å². The van der Waals surface area contributed by atoms with E-state index in [2.05, 4.69) is 16.9 Å². The number of hydrogen-bond acceptors (Lipinski definition) is 3. The Morgan fingerprint density at radius 1 is 1.47 bits per heavy atom. The Bertz CT molecular complexity index is 482. The van der Waals surface area contributed by atoms with Gasteiger partial charge in [0.15, 0.2) is 5.84 Å². The molecule has 0 aliphatic rings. The van der Waals surface area contributed by atoms with E-state index >= 15 is 0 Å². The summed E-state index contributed by atoms with van der Waals surface area (Å²) in [5.41, 5.74) is 5.39. The highest BCUT2D eigenvalue weighted by molar-refractivity contribution is 6.00. The fourth-order valence-corrected chi connectivity index (χ4v) is 1.30. The predicted octanol–water partition coefficient (Wildman–Crippen LogP) is 0.848. The maximum atomic E-state index is 13.8. The standard InChI is InChI=1S/C11H13FN4O/c1-14-15-11(16(2)3)8-5-4-7(10(13)17)6-9(8)12/h4-6H,1H2,2-3H3,(H2,13,17)/b15-11-. The minimum Gasteiger partial charge on any atom is -0.366 e. The van der Waals surface area contributed by atoms with Gasteiger partial charge in [-0.1, -0.05) is 0 Å². The van der Waals surface area contributed by atoms with Gasteiger partial charge in [0.2, 0.25) is 5.91 Å². The average molecular weight is 236 g/mol. The summed E-state index contributed by atoms with van der Waals surface area (Å²) in [7, 11) is 3.40. The van der Waals surface area contributed by atoms with Crippen LogP contribution in [0.5, 0.6) is 0 Å². The molecule has 0 radical (unpaired) electrons. The lowest BCUT2D eigenvalue weighted by Gasteiger charge is -2.15. The first-order chi connectivity index (χ1) is 7.97. The zero-order chi connectivity index (χ0) is 13.0. The Kier molecular flexibility index (Phi) is 3.92. The van der Waals surface area contributed by atoms with Gasteiger partial charge in [-0.25, -0.2) is 4.39 Å². The molecular weight excluding hydrogens is 223 g/mol. The third kappa shape index (κ3) is 2.87. The number of carbonyl (C=O) groups excluding carboxylic acids is 1. The molecule has 0 saturated carbocycles. The molecule has 0 unspecified atom stereocenters. The van der Waals surface area contributed by atoms with Crippen LogP contribution in [0.2, 0.25) is 0 Å². The van der Waals surface area contributed by atoms with Crippen molar-refractivity contribution in [1.29, 1.82) is 0 Å². The van der Waals surface area contributed by atoms with Gasteiger partial charge < -0.3 is 10.6 Å². The predicted molar refractivity (Wildman–Crippen MR) is 64.7 cm³/mol. The molecule has 17 heavy (non-hydrogen) atoms. The minimum atomic E-state index is -0.680. The molecule has 0 heterocycles. The number of nitrogens with zero attached hydrogens (tertiary/aromatic N) is 3. The van der Waals surface area contributed by atoms with E-state index in [9.17, 15) is 9.18 Å². The SMILES string of the molecule is C=N/N=C(/c1ccc(C(N)=O)cc1F)N(C)C. The van der Waals surface area contributed by atoms with Crippen molar-refractivity contribution in [2.24, 2.45) is 15.9 Å². The van der Waals surface area contributed by atoms with Crippen molar-refractivity contribution < 1.29 is 9.18 Å². The smallest absolute Gasteiger partial charge is 0.248 e. The van der Waals surface area contributed by atoms with Crippen molar-refractivity contribution in [2.75, 3.05) is 14.1 Å². The summed E-state index contributed by atoms with van der Waals surface area (Å²) in [6.45, 7) is 3.22. The van der Waals surface area contributed by atoms with E-state index in [4.69, 9.17) is 5.73 Å². The molecule has 5 nitrogen and oxygen atoms in total. The number of carbonyl (C=O) groups is 1. The molecule has 0 aliphatic heterocycles. The van der Waals surface area contributed by atoms with Gasteiger partial charge in [0.05, 0.1) is 5.56 Å². The van der Waals surface area contributed by atoms with Gasteiger partial charge in [0.25, 0.3) is 0 Å². The van der Waals surface area contributed by atoms with Crippen LogP contribution < -0.4 is 5.73 Å². The highest BCUT2D eigenvalue weighted by Gasteiger charge is 2.13. The first-order valence-corrected chi connectivity index (χ1v) is 4.78. The molecule has 1 rings (SSSR count). The molecule has 1 amide bonds. The summed E-state index contributed by atoms with van der Waals surface area (Å²) in [5, 5.41) is 7.10. The van der Waals surface area contributed by atoms with Crippen LogP contribution in [-0.4, -0.2) is 37.5 Å². The lowest BCUT2D eigenvalue weighted by molar-refractivity contribution is 0.1000. The summed E-state index contributed by atoms with van der Waals surface area (Å²) in [6.07, 6.45) is 0. The highest BCUT2D eigenvalue weighted by Crippen LogP contribution is 2.12. The van der Waals surface area contributed by atoms with Gasteiger partial charge in [0.1, 0.15) is 5.82 Å². The summed E-state index contributed by atoms with van der Waals surface area (Å²) >= 11 is 0. The second kappa shape index (κ2) is 5.20. The molecule has 0 aliphatic carbocycles. The number of primary amides is 1. The highest BCUT2D eigenvalue weighted by atomic mass is 19.1. The molecule has 2 N–H and O–H groups in total. The summed E-state index contributed by atoms with van der Waals surface area (Å²) < 4.78 is 13.8. The molecule has 0 saturated heterocycles. The lowest BCUT2D eigenvalue weighted by atomic mass is 10.1. The molecular formula is C11H13FN4O. The summed E-state index contributed by atoms with van der Waals surface area (Å²) in [6, 6.07) is 3.93. The van der Waals surface area contributed by atoms with Crippen LogP contribution in [0, 0.1) is 5.82 Å². The third-order valence-electron chi connectivity index (χ3n) is 2.08. The molecule has 0 bridgehead atoms. The number of nitrogens with two attached hydrogens (primary N) is 1. The molecule has 0 aromatic heterocycles. The average Bonchev–Trinajstić information content (AvgIpc) is 2.26. The summed E-state index contributed by atoms with van der Waals surface area (Å²) in [5.74, 6) is -0.952. The maximum absolute atomic E-state index is 13.8. The molecule has 0 atom stereocenters. The van der Waals surface area contributed by atoms with Crippen LogP contribution in [0.3, 0.4) is 0 Å². The number of amides is 1. The monoisotopic (exact) mass is 236 g/mol. The van der Waals surface area contributed by atoms with Crippen molar-refractivity contribution in [3.63, 3.8) is 0 Å². The molecule has 0 fully saturated rings. The fraction of sp³-hybridized carbons (Fsp3) is 0.182. The summed E-state index contributed by atoms with van der Waals surface area (Å²) in [4.78, 5) is 12.5. The van der Waals surface area contributed by atoms with Gasteiger partial charge in [-0.05, 0) is 18.2 Å². The van der Waals surface area contributed by atoms with Crippen molar-refractivity contribution in [2.45, 2.75) is 0 Å². The van der Waals surface area contributed by atoms with Crippen molar-refractivity contribution >= 4 is 18.5 Å².